The van der Waals surface area contributed by atoms with Gasteiger partial charge >= 0.3 is 11.9 Å². The van der Waals surface area contributed by atoms with Gasteiger partial charge in [-0.2, -0.15) is 0 Å². The summed E-state index contributed by atoms with van der Waals surface area (Å²) < 4.78 is 20.7. The number of nitrogens with zero attached hydrogens (tertiary/aromatic N) is 3. The van der Waals surface area contributed by atoms with E-state index in [2.05, 4.69) is 10.2 Å². The minimum absolute atomic E-state index is 0.0264. The van der Waals surface area contributed by atoms with E-state index in [-0.39, 0.29) is 11.3 Å². The minimum atomic E-state index is -0.720. The lowest BCUT2D eigenvalue weighted by Gasteiger charge is -2.25. The van der Waals surface area contributed by atoms with Crippen LogP contribution in [0, 0.1) is 6.92 Å². The number of benzene rings is 1. The van der Waals surface area contributed by atoms with Crippen LogP contribution in [0.5, 0.6) is 5.75 Å². The molecule has 150 valence electrons. The molecular weight excluding hydrogens is 378 g/mol. The van der Waals surface area contributed by atoms with Gasteiger partial charge in [-0.25, -0.2) is 9.59 Å². The Kier molecular flexibility index (Phi) is 5.77. The summed E-state index contributed by atoms with van der Waals surface area (Å²) in [6, 6.07) is 5.15. The van der Waals surface area contributed by atoms with E-state index in [1.807, 2.05) is 0 Å². The van der Waals surface area contributed by atoms with Gasteiger partial charge in [0.25, 0.3) is 0 Å². The molecule has 1 aliphatic heterocycles. The van der Waals surface area contributed by atoms with Crippen LogP contribution in [0.1, 0.15) is 5.89 Å². The highest BCUT2D eigenvalue weighted by atomic mass is 16.5. The number of methoxy groups -OCH3 is 3. The zero-order chi connectivity index (χ0) is 21.0. The van der Waals surface area contributed by atoms with E-state index in [1.54, 1.807) is 43.5 Å². The van der Waals surface area contributed by atoms with Gasteiger partial charge in [-0.15, -0.1) is 10.2 Å². The molecule has 2 heterocycles. The molecule has 29 heavy (non-hydrogen) atoms. The monoisotopic (exact) mass is 397 g/mol. The molecule has 0 bridgehead atoms. The lowest BCUT2D eigenvalue weighted by molar-refractivity contribution is -0.139. The molecule has 0 N–H and O–H groups in total. The first-order valence-corrected chi connectivity index (χ1v) is 8.53. The normalized spacial score (nSPS) is 13.3. The molecule has 1 aliphatic rings. The van der Waals surface area contributed by atoms with Crippen LogP contribution in [0.2, 0.25) is 0 Å². The molecule has 0 fully saturated rings. The molecule has 0 saturated carbocycles. The lowest BCUT2D eigenvalue weighted by Crippen LogP contribution is -2.27. The molecule has 1 aromatic heterocycles. The summed E-state index contributed by atoms with van der Waals surface area (Å²) in [5, 5.41) is 7.85. The molecule has 0 saturated heterocycles. The van der Waals surface area contributed by atoms with Gasteiger partial charge in [-0.1, -0.05) is 6.08 Å². The third-order valence-corrected chi connectivity index (χ3v) is 4.10. The number of hydrogen-bond acceptors (Lipinski definition) is 9. The van der Waals surface area contributed by atoms with Crippen molar-refractivity contribution in [3.8, 4) is 17.2 Å². The van der Waals surface area contributed by atoms with Crippen LogP contribution in [0.3, 0.4) is 0 Å². The molecule has 9 heteroatoms. The molecular formula is C20H19N3O6. The maximum atomic E-state index is 12.6. The molecule has 0 unspecified atom stereocenters. The number of rotatable bonds is 5. The first kappa shape index (κ1) is 19.9. The Hall–Kier alpha value is -3.88. The Morgan fingerprint density at radius 2 is 1.79 bits per heavy atom. The van der Waals surface area contributed by atoms with Crippen LogP contribution >= 0.6 is 0 Å². The zero-order valence-electron chi connectivity index (χ0n) is 16.3. The predicted molar refractivity (Wildman–Crippen MR) is 103 cm³/mol. The van der Waals surface area contributed by atoms with Crippen LogP contribution < -0.4 is 9.64 Å². The molecule has 2 aromatic rings. The Bertz CT molecular complexity index is 1030. The number of carbonyl (C=O) groups excluding carboxylic acids is 2. The molecule has 0 atom stereocenters. The summed E-state index contributed by atoms with van der Waals surface area (Å²) in [5.41, 5.74) is 1.07. The lowest BCUT2D eigenvalue weighted by atomic mass is 10.1. The maximum absolute atomic E-state index is 12.6. The Morgan fingerprint density at radius 1 is 1.03 bits per heavy atom. The molecule has 0 aliphatic carbocycles. The fraction of sp³-hybridized carbons (Fsp3) is 0.200. The molecule has 0 amide bonds. The molecule has 0 spiro atoms. The molecule has 1 aromatic carbocycles. The Morgan fingerprint density at radius 3 is 2.41 bits per heavy atom. The van der Waals surface area contributed by atoms with Crippen molar-refractivity contribution in [3.05, 3.63) is 59.8 Å². The van der Waals surface area contributed by atoms with E-state index < -0.39 is 11.9 Å². The summed E-state index contributed by atoms with van der Waals surface area (Å²) in [5.74, 6) is -0.234. The predicted octanol–water partition coefficient (Wildman–Crippen LogP) is 2.54. The fourth-order valence-electron chi connectivity index (χ4n) is 2.78. The summed E-state index contributed by atoms with van der Waals surface area (Å²) >= 11 is 0. The van der Waals surface area contributed by atoms with Crippen LogP contribution in [0.15, 0.2) is 58.3 Å². The van der Waals surface area contributed by atoms with Crippen molar-refractivity contribution < 1.29 is 28.2 Å². The average Bonchev–Trinajstić information content (AvgIpc) is 3.06. The van der Waals surface area contributed by atoms with Crippen molar-refractivity contribution in [1.29, 1.82) is 0 Å². The van der Waals surface area contributed by atoms with Gasteiger partial charge in [-0.05, 0) is 30.4 Å². The maximum Gasteiger partial charge on any atom is 0.355 e. The Labute approximate surface area is 166 Å². The summed E-state index contributed by atoms with van der Waals surface area (Å²) in [7, 11) is 3.97. The van der Waals surface area contributed by atoms with Crippen LogP contribution in [-0.4, -0.2) is 43.5 Å². The van der Waals surface area contributed by atoms with E-state index in [9.17, 15) is 9.59 Å². The second-order valence-electron chi connectivity index (χ2n) is 5.83. The van der Waals surface area contributed by atoms with E-state index in [0.717, 1.165) is 0 Å². The number of carbonyl (C=O) groups is 2. The first-order valence-electron chi connectivity index (χ1n) is 8.53. The highest BCUT2D eigenvalue weighted by molar-refractivity contribution is 6.05. The molecule has 0 radical (unpaired) electrons. The van der Waals surface area contributed by atoms with Gasteiger partial charge in [-0.3, -0.25) is 0 Å². The second kappa shape index (κ2) is 8.42. The van der Waals surface area contributed by atoms with E-state index in [4.69, 9.17) is 18.6 Å². The van der Waals surface area contributed by atoms with Gasteiger partial charge in [0.1, 0.15) is 11.4 Å². The summed E-state index contributed by atoms with van der Waals surface area (Å²) in [6.45, 7) is 1.69. The smallest absolute Gasteiger partial charge is 0.355 e. The minimum Gasteiger partial charge on any atom is -0.495 e. The largest absolute Gasteiger partial charge is 0.495 e. The van der Waals surface area contributed by atoms with Gasteiger partial charge in [0.15, 0.2) is 0 Å². The summed E-state index contributed by atoms with van der Waals surface area (Å²) in [4.78, 5) is 26.4. The number of aromatic nitrogens is 2. The van der Waals surface area contributed by atoms with Crippen molar-refractivity contribution in [2.45, 2.75) is 6.92 Å². The van der Waals surface area contributed by atoms with Gasteiger partial charge in [0.05, 0.1) is 32.6 Å². The average molecular weight is 397 g/mol. The number of hydrogen-bond donors (Lipinski definition) is 0. The third kappa shape index (κ3) is 3.88. The quantitative estimate of drug-likeness (QED) is 0.704. The number of aryl methyl sites for hydroxylation is 1. The topological polar surface area (TPSA) is 104 Å². The van der Waals surface area contributed by atoms with E-state index >= 15 is 0 Å². The van der Waals surface area contributed by atoms with Crippen molar-refractivity contribution in [2.75, 3.05) is 26.2 Å². The van der Waals surface area contributed by atoms with Crippen molar-refractivity contribution in [2.24, 2.45) is 0 Å². The van der Waals surface area contributed by atoms with Crippen LogP contribution in [0.25, 0.3) is 11.5 Å². The standard InChI is InChI=1S/C20H19N3O6/c1-12-21-22-18(29-12)13-8-9-16(26-2)15(11-13)23-10-6-5-7-14(19(24)27-3)17(23)20(25)28-4/h5-11H,1-4H3. The number of esters is 2. The van der Waals surface area contributed by atoms with Gasteiger partial charge in [0.2, 0.25) is 11.8 Å². The molecule has 9 nitrogen and oxygen atoms in total. The van der Waals surface area contributed by atoms with Crippen LogP contribution in [-0.2, 0) is 19.1 Å². The van der Waals surface area contributed by atoms with E-state index in [1.165, 1.54) is 32.3 Å². The third-order valence-electron chi connectivity index (χ3n) is 4.10. The fourth-order valence-corrected chi connectivity index (χ4v) is 2.78. The highest BCUT2D eigenvalue weighted by Crippen LogP contribution is 2.37. The highest BCUT2D eigenvalue weighted by Gasteiger charge is 2.29. The Balaban J connectivity index is 2.23. The van der Waals surface area contributed by atoms with Gasteiger partial charge in [0, 0.05) is 18.7 Å². The summed E-state index contributed by atoms with van der Waals surface area (Å²) in [6.07, 6.45) is 6.38. The SMILES string of the molecule is COC(=O)C1=C(C(=O)OC)N(c2cc(-c3nnc(C)o3)ccc2OC)C=CC=C1. The number of allylic oxidation sites excluding steroid dienone is 2. The second-order valence-corrected chi connectivity index (χ2v) is 5.83. The van der Waals surface area contributed by atoms with Crippen molar-refractivity contribution in [1.82, 2.24) is 10.2 Å². The van der Waals surface area contributed by atoms with Gasteiger partial charge < -0.3 is 23.5 Å². The van der Waals surface area contributed by atoms with Crippen molar-refractivity contribution in [3.63, 3.8) is 0 Å². The number of anilines is 1. The zero-order valence-corrected chi connectivity index (χ0v) is 16.3. The number of ether oxygens (including phenoxy) is 3. The van der Waals surface area contributed by atoms with Crippen molar-refractivity contribution >= 4 is 17.6 Å². The molecule has 3 rings (SSSR count). The van der Waals surface area contributed by atoms with Crippen LogP contribution in [0.4, 0.5) is 5.69 Å². The first-order chi connectivity index (χ1) is 14.0. The van der Waals surface area contributed by atoms with E-state index in [0.29, 0.717) is 28.8 Å².